The first-order chi connectivity index (χ1) is 12.2. The zero-order valence-electron chi connectivity index (χ0n) is 15.1. The predicted molar refractivity (Wildman–Crippen MR) is 104 cm³/mol. The summed E-state index contributed by atoms with van der Waals surface area (Å²) in [5, 5.41) is 3.36. The number of methoxy groups -OCH3 is 1. The highest BCUT2D eigenvalue weighted by Crippen LogP contribution is 2.30. The van der Waals surface area contributed by atoms with E-state index in [1.165, 1.54) is 0 Å². The summed E-state index contributed by atoms with van der Waals surface area (Å²) in [4.78, 5) is 14.7. The van der Waals surface area contributed by atoms with Gasteiger partial charge in [0.2, 0.25) is 0 Å². The van der Waals surface area contributed by atoms with Gasteiger partial charge in [-0.05, 0) is 30.7 Å². The lowest BCUT2D eigenvalue weighted by Crippen LogP contribution is -2.50. The standard InChI is InChI=1S/C20H24N2O3.ClH/c1-15-6-5-7-16(12-15)25-14-20(23)22-11-10-21-13-18(22)17-8-3-4-9-19(17)24-2;/h3-9,12,18,21H,10-11,13-14H2,1-2H3;1H. The lowest BCUT2D eigenvalue weighted by Gasteiger charge is -2.37. The Kier molecular flexibility index (Phi) is 7.30. The van der Waals surface area contributed by atoms with Crippen molar-refractivity contribution in [1.29, 1.82) is 0 Å². The van der Waals surface area contributed by atoms with Crippen LogP contribution >= 0.6 is 12.4 Å². The maximum Gasteiger partial charge on any atom is 0.261 e. The Hall–Kier alpha value is -2.24. The topological polar surface area (TPSA) is 50.8 Å². The van der Waals surface area contributed by atoms with Crippen molar-refractivity contribution >= 4 is 18.3 Å². The zero-order chi connectivity index (χ0) is 17.6. The number of amides is 1. The summed E-state index contributed by atoms with van der Waals surface area (Å²) < 4.78 is 11.2. The molecule has 1 aliphatic rings. The number of nitrogens with zero attached hydrogens (tertiary/aromatic N) is 1. The monoisotopic (exact) mass is 376 g/mol. The fourth-order valence-electron chi connectivity index (χ4n) is 3.16. The van der Waals surface area contributed by atoms with Crippen LogP contribution in [0.25, 0.3) is 0 Å². The first kappa shape index (κ1) is 20.1. The SMILES string of the molecule is COc1ccccc1C1CNCCN1C(=O)COc1cccc(C)c1.Cl. The van der Waals surface area contributed by atoms with E-state index in [4.69, 9.17) is 9.47 Å². The first-order valence-electron chi connectivity index (χ1n) is 8.51. The number of carbonyl (C=O) groups is 1. The fraction of sp³-hybridized carbons (Fsp3) is 0.350. The minimum absolute atomic E-state index is 0. The molecule has 0 spiro atoms. The van der Waals surface area contributed by atoms with Gasteiger partial charge in [-0.25, -0.2) is 0 Å². The van der Waals surface area contributed by atoms with Gasteiger partial charge in [0, 0.05) is 25.2 Å². The molecule has 1 heterocycles. The van der Waals surface area contributed by atoms with Crippen LogP contribution in [0.15, 0.2) is 48.5 Å². The predicted octanol–water partition coefficient (Wildman–Crippen LogP) is 2.98. The molecule has 0 saturated carbocycles. The summed E-state index contributed by atoms with van der Waals surface area (Å²) in [7, 11) is 1.65. The van der Waals surface area contributed by atoms with E-state index in [1.54, 1.807) is 7.11 Å². The highest BCUT2D eigenvalue weighted by molar-refractivity contribution is 5.85. The molecule has 0 bridgehead atoms. The summed E-state index contributed by atoms with van der Waals surface area (Å²) in [5.74, 6) is 1.50. The third kappa shape index (κ3) is 4.68. The molecule has 1 N–H and O–H groups in total. The van der Waals surface area contributed by atoms with Crippen molar-refractivity contribution in [3.8, 4) is 11.5 Å². The van der Waals surface area contributed by atoms with Crippen molar-refractivity contribution in [2.75, 3.05) is 33.4 Å². The number of nitrogens with one attached hydrogen (secondary N) is 1. The van der Waals surface area contributed by atoms with E-state index in [0.717, 1.165) is 29.2 Å². The molecule has 0 aliphatic carbocycles. The molecular weight excluding hydrogens is 352 g/mol. The van der Waals surface area contributed by atoms with E-state index < -0.39 is 0 Å². The van der Waals surface area contributed by atoms with Crippen molar-refractivity contribution in [3.05, 3.63) is 59.7 Å². The van der Waals surface area contributed by atoms with Gasteiger partial charge in [-0.3, -0.25) is 4.79 Å². The number of para-hydroxylation sites is 1. The van der Waals surface area contributed by atoms with Crippen molar-refractivity contribution in [2.24, 2.45) is 0 Å². The third-order valence-electron chi connectivity index (χ3n) is 4.41. The maximum absolute atomic E-state index is 12.8. The van der Waals surface area contributed by atoms with Gasteiger partial charge in [0.25, 0.3) is 5.91 Å². The fourth-order valence-corrected chi connectivity index (χ4v) is 3.16. The molecule has 2 aromatic rings. The molecule has 0 aromatic heterocycles. The van der Waals surface area contributed by atoms with Gasteiger partial charge < -0.3 is 19.7 Å². The minimum atomic E-state index is -0.0569. The lowest BCUT2D eigenvalue weighted by atomic mass is 10.0. The smallest absolute Gasteiger partial charge is 0.261 e. The van der Waals surface area contributed by atoms with E-state index in [1.807, 2.05) is 60.4 Å². The molecule has 26 heavy (non-hydrogen) atoms. The van der Waals surface area contributed by atoms with Gasteiger partial charge >= 0.3 is 0 Å². The Morgan fingerprint density at radius 3 is 2.81 bits per heavy atom. The molecule has 1 unspecified atom stereocenters. The van der Waals surface area contributed by atoms with Gasteiger partial charge in [-0.15, -0.1) is 12.4 Å². The molecule has 140 valence electrons. The highest BCUT2D eigenvalue weighted by atomic mass is 35.5. The Morgan fingerprint density at radius 2 is 2.04 bits per heavy atom. The number of aryl methyl sites for hydroxylation is 1. The quantitative estimate of drug-likeness (QED) is 0.871. The van der Waals surface area contributed by atoms with E-state index >= 15 is 0 Å². The van der Waals surface area contributed by atoms with Gasteiger partial charge in [0.15, 0.2) is 6.61 Å². The summed E-state index contributed by atoms with van der Waals surface area (Å²) in [6.45, 7) is 4.18. The Bertz CT molecular complexity index is 739. The molecule has 1 amide bonds. The number of rotatable bonds is 5. The molecule has 0 radical (unpaired) electrons. The molecule has 1 atom stereocenters. The number of carbonyl (C=O) groups excluding carboxylic acids is 1. The maximum atomic E-state index is 12.8. The second-order valence-electron chi connectivity index (χ2n) is 6.15. The Labute approximate surface area is 160 Å². The van der Waals surface area contributed by atoms with Gasteiger partial charge in [0.1, 0.15) is 11.5 Å². The summed E-state index contributed by atoms with van der Waals surface area (Å²) >= 11 is 0. The first-order valence-corrected chi connectivity index (χ1v) is 8.51. The van der Waals surface area contributed by atoms with Gasteiger partial charge in [0.05, 0.1) is 13.2 Å². The highest BCUT2D eigenvalue weighted by Gasteiger charge is 2.29. The third-order valence-corrected chi connectivity index (χ3v) is 4.41. The van der Waals surface area contributed by atoms with Crippen molar-refractivity contribution in [2.45, 2.75) is 13.0 Å². The number of benzene rings is 2. The van der Waals surface area contributed by atoms with Gasteiger partial charge in [-0.1, -0.05) is 30.3 Å². The molecule has 1 aliphatic heterocycles. The average Bonchev–Trinajstić information content (AvgIpc) is 2.66. The number of ether oxygens (including phenoxy) is 2. The zero-order valence-corrected chi connectivity index (χ0v) is 15.9. The van der Waals surface area contributed by atoms with E-state index in [9.17, 15) is 4.79 Å². The number of halogens is 1. The molecule has 1 saturated heterocycles. The van der Waals surface area contributed by atoms with Crippen LogP contribution in [0.5, 0.6) is 11.5 Å². The largest absolute Gasteiger partial charge is 0.496 e. The normalized spacial score (nSPS) is 16.5. The average molecular weight is 377 g/mol. The van der Waals surface area contributed by atoms with Crippen LogP contribution in [0.1, 0.15) is 17.2 Å². The summed E-state index contributed by atoms with van der Waals surface area (Å²) in [5.41, 5.74) is 2.13. The van der Waals surface area contributed by atoms with E-state index in [-0.39, 0.29) is 31.0 Å². The number of piperazine rings is 1. The second kappa shape index (κ2) is 9.46. The van der Waals surface area contributed by atoms with Crippen LogP contribution in [0.3, 0.4) is 0 Å². The molecule has 6 heteroatoms. The minimum Gasteiger partial charge on any atom is -0.496 e. The van der Waals surface area contributed by atoms with Crippen LogP contribution in [-0.2, 0) is 4.79 Å². The summed E-state index contributed by atoms with van der Waals surface area (Å²) in [6.07, 6.45) is 0. The van der Waals surface area contributed by atoms with Crippen LogP contribution in [0, 0.1) is 6.92 Å². The van der Waals surface area contributed by atoms with Crippen LogP contribution in [0.2, 0.25) is 0 Å². The molecule has 1 fully saturated rings. The van der Waals surface area contributed by atoms with E-state index in [2.05, 4.69) is 5.32 Å². The molecule has 5 nitrogen and oxygen atoms in total. The van der Waals surface area contributed by atoms with Crippen molar-refractivity contribution < 1.29 is 14.3 Å². The van der Waals surface area contributed by atoms with Gasteiger partial charge in [-0.2, -0.15) is 0 Å². The Morgan fingerprint density at radius 1 is 1.23 bits per heavy atom. The van der Waals surface area contributed by atoms with E-state index in [0.29, 0.717) is 13.1 Å². The lowest BCUT2D eigenvalue weighted by molar-refractivity contribution is -0.136. The second-order valence-corrected chi connectivity index (χ2v) is 6.15. The molecule has 3 rings (SSSR count). The van der Waals surface area contributed by atoms with Crippen LogP contribution in [-0.4, -0.2) is 44.2 Å². The Balaban J connectivity index is 0.00000243. The molecular formula is C20H25ClN2O3. The van der Waals surface area contributed by atoms with Crippen molar-refractivity contribution in [1.82, 2.24) is 10.2 Å². The molecule has 2 aromatic carbocycles. The number of hydrogen-bond acceptors (Lipinski definition) is 4. The van der Waals surface area contributed by atoms with Crippen molar-refractivity contribution in [3.63, 3.8) is 0 Å². The summed E-state index contributed by atoms with van der Waals surface area (Å²) in [6, 6.07) is 15.5. The van der Waals surface area contributed by atoms with Crippen LogP contribution < -0.4 is 14.8 Å². The number of hydrogen-bond donors (Lipinski definition) is 1. The van der Waals surface area contributed by atoms with Crippen LogP contribution in [0.4, 0.5) is 0 Å².